The summed E-state index contributed by atoms with van der Waals surface area (Å²) in [5, 5.41) is 22.4. The molecule has 192 valence electrons. The number of nitrogens with zero attached hydrogens (tertiary/aromatic N) is 2. The number of aliphatic hydroxyl groups is 1. The minimum Gasteiger partial charge on any atom is -0.508 e. The average Bonchev–Trinajstić information content (AvgIpc) is 3.46. The van der Waals surface area contributed by atoms with Crippen LogP contribution in [0.1, 0.15) is 22.7 Å². The summed E-state index contributed by atoms with van der Waals surface area (Å²) >= 11 is 0. The van der Waals surface area contributed by atoms with Crippen LogP contribution in [0.15, 0.2) is 78.5 Å². The minimum atomic E-state index is -0.800. The molecular formula is C30H27N3O5. The number of rotatable bonds is 5. The first-order valence-corrected chi connectivity index (χ1v) is 12.5. The van der Waals surface area contributed by atoms with Gasteiger partial charge in [-0.2, -0.15) is 0 Å². The molecular weight excluding hydrogens is 482 g/mol. The predicted octanol–water partition coefficient (Wildman–Crippen LogP) is 4.37. The highest BCUT2D eigenvalue weighted by molar-refractivity contribution is 6.46. The highest BCUT2D eigenvalue weighted by Crippen LogP contribution is 2.41. The number of likely N-dealkylation sites (tertiary alicyclic amines) is 1. The molecule has 1 atom stereocenters. The zero-order chi connectivity index (χ0) is 26.4. The van der Waals surface area contributed by atoms with Crippen molar-refractivity contribution >= 4 is 34.0 Å². The van der Waals surface area contributed by atoms with E-state index >= 15 is 0 Å². The Morgan fingerprint density at radius 3 is 2.68 bits per heavy atom. The van der Waals surface area contributed by atoms with E-state index in [2.05, 4.69) is 4.98 Å². The smallest absolute Gasteiger partial charge is 0.295 e. The maximum Gasteiger partial charge on any atom is 0.295 e. The Kier molecular flexibility index (Phi) is 5.79. The van der Waals surface area contributed by atoms with Crippen LogP contribution in [0.4, 0.5) is 5.69 Å². The number of hydrogen-bond acceptors (Lipinski definition) is 6. The molecule has 0 aliphatic carbocycles. The molecule has 2 aliphatic heterocycles. The number of phenolic OH excluding ortho intramolecular Hbond substituents is 1. The Hall–Kier alpha value is -4.72. The average molecular weight is 510 g/mol. The van der Waals surface area contributed by atoms with Crippen molar-refractivity contribution in [3.63, 3.8) is 0 Å². The van der Waals surface area contributed by atoms with E-state index < -0.39 is 17.7 Å². The highest BCUT2D eigenvalue weighted by Gasteiger charge is 2.46. The molecule has 1 saturated heterocycles. The summed E-state index contributed by atoms with van der Waals surface area (Å²) in [4.78, 5) is 33.5. The number of hydrogen-bond donors (Lipinski definition) is 3. The van der Waals surface area contributed by atoms with Crippen LogP contribution in [-0.4, -0.2) is 58.5 Å². The van der Waals surface area contributed by atoms with Crippen molar-refractivity contribution in [1.29, 1.82) is 0 Å². The quantitative estimate of drug-likeness (QED) is 0.210. The summed E-state index contributed by atoms with van der Waals surface area (Å²) in [7, 11) is 1.94. The van der Waals surface area contributed by atoms with Gasteiger partial charge in [0.05, 0.1) is 23.8 Å². The van der Waals surface area contributed by atoms with Crippen molar-refractivity contribution in [2.75, 3.05) is 31.6 Å². The van der Waals surface area contributed by atoms with Crippen LogP contribution in [0.25, 0.3) is 16.7 Å². The Balaban J connectivity index is 1.41. The van der Waals surface area contributed by atoms with E-state index in [1.165, 1.54) is 17.0 Å². The summed E-state index contributed by atoms with van der Waals surface area (Å²) in [6.07, 6.45) is 2.44. The second-order valence-corrected chi connectivity index (χ2v) is 9.65. The van der Waals surface area contributed by atoms with Crippen molar-refractivity contribution in [3.8, 4) is 11.5 Å². The van der Waals surface area contributed by atoms with Gasteiger partial charge >= 0.3 is 0 Å². The molecule has 3 heterocycles. The van der Waals surface area contributed by atoms with Crippen LogP contribution in [0.2, 0.25) is 0 Å². The van der Waals surface area contributed by atoms with Gasteiger partial charge in [0, 0.05) is 36.3 Å². The number of ketones is 1. The number of carbonyl (C=O) groups excluding carboxylic acids is 2. The lowest BCUT2D eigenvalue weighted by atomic mass is 9.94. The lowest BCUT2D eigenvalue weighted by Crippen LogP contribution is -2.31. The number of aliphatic hydroxyl groups excluding tert-OH is 1. The molecule has 6 rings (SSSR count). The summed E-state index contributed by atoms with van der Waals surface area (Å²) in [5.74, 6) is -0.866. The fraction of sp³-hybridized carbons (Fsp3) is 0.200. The first-order chi connectivity index (χ1) is 18.4. The van der Waals surface area contributed by atoms with Gasteiger partial charge in [0.1, 0.15) is 23.9 Å². The van der Waals surface area contributed by atoms with Gasteiger partial charge in [-0.05, 0) is 53.9 Å². The zero-order valence-electron chi connectivity index (χ0n) is 20.8. The summed E-state index contributed by atoms with van der Waals surface area (Å²) < 4.78 is 5.71. The van der Waals surface area contributed by atoms with E-state index in [0.29, 0.717) is 36.4 Å². The number of ether oxygens (including phenoxy) is 1. The maximum atomic E-state index is 13.4. The normalized spacial score (nSPS) is 18.6. The van der Waals surface area contributed by atoms with E-state index in [-0.39, 0.29) is 23.6 Å². The number of benzene rings is 3. The van der Waals surface area contributed by atoms with Gasteiger partial charge in [0.25, 0.3) is 11.7 Å². The van der Waals surface area contributed by atoms with Crippen LogP contribution < -0.4 is 9.64 Å². The second kappa shape index (κ2) is 9.30. The lowest BCUT2D eigenvalue weighted by molar-refractivity contribution is -0.139. The van der Waals surface area contributed by atoms with Gasteiger partial charge in [-0.1, -0.05) is 30.3 Å². The number of phenols is 1. The van der Waals surface area contributed by atoms with E-state index in [1.807, 2.05) is 42.4 Å². The van der Waals surface area contributed by atoms with Crippen LogP contribution >= 0.6 is 0 Å². The van der Waals surface area contributed by atoms with Gasteiger partial charge in [0.15, 0.2) is 0 Å². The summed E-state index contributed by atoms with van der Waals surface area (Å²) in [5.41, 5.74) is 3.92. The predicted molar refractivity (Wildman–Crippen MR) is 144 cm³/mol. The van der Waals surface area contributed by atoms with Gasteiger partial charge in [0.2, 0.25) is 0 Å². The number of Topliss-reactive ketones (excluding diaryl/α,β-unsaturated/α-hetero) is 1. The topological polar surface area (TPSA) is 106 Å². The number of para-hydroxylation sites is 1. The lowest BCUT2D eigenvalue weighted by Gasteiger charge is -2.28. The van der Waals surface area contributed by atoms with Crippen molar-refractivity contribution in [1.82, 2.24) is 9.88 Å². The molecule has 0 radical (unpaired) electrons. The molecule has 1 unspecified atom stereocenters. The number of fused-ring (bicyclic) bond motifs is 2. The third-order valence-electron chi connectivity index (χ3n) is 7.37. The van der Waals surface area contributed by atoms with E-state index in [9.17, 15) is 19.8 Å². The first kappa shape index (κ1) is 23.7. The number of nitrogens with one attached hydrogen (secondary N) is 1. The van der Waals surface area contributed by atoms with Crippen molar-refractivity contribution in [2.24, 2.45) is 0 Å². The largest absolute Gasteiger partial charge is 0.508 e. The molecule has 2 aliphatic rings. The summed E-state index contributed by atoms with van der Waals surface area (Å²) in [6.45, 7) is 1.54. The molecule has 0 saturated carbocycles. The number of anilines is 1. The van der Waals surface area contributed by atoms with Crippen LogP contribution in [0.5, 0.6) is 11.5 Å². The SMILES string of the molecule is CN1CCOc2ccc(/C(O)=C3/C(=O)C(=O)N(CCc4c[nH]c5ccccc45)C3c3ccc(O)cc3)cc21. The van der Waals surface area contributed by atoms with Crippen LogP contribution in [-0.2, 0) is 16.0 Å². The van der Waals surface area contributed by atoms with Gasteiger partial charge in [-0.25, -0.2) is 0 Å². The Morgan fingerprint density at radius 2 is 1.87 bits per heavy atom. The molecule has 1 fully saturated rings. The third-order valence-corrected chi connectivity index (χ3v) is 7.37. The molecule has 0 bridgehead atoms. The van der Waals surface area contributed by atoms with Gasteiger partial charge in [-0.3, -0.25) is 9.59 Å². The van der Waals surface area contributed by atoms with E-state index in [4.69, 9.17) is 4.74 Å². The Morgan fingerprint density at radius 1 is 1.08 bits per heavy atom. The number of H-pyrrole nitrogens is 1. The van der Waals surface area contributed by atoms with Crippen molar-refractivity contribution < 1.29 is 24.5 Å². The summed E-state index contributed by atoms with van der Waals surface area (Å²) in [6, 6.07) is 18.7. The van der Waals surface area contributed by atoms with Crippen LogP contribution in [0, 0.1) is 0 Å². The molecule has 8 heteroatoms. The Bertz CT molecular complexity index is 1590. The number of likely N-dealkylation sites (N-methyl/N-ethyl adjacent to an activating group) is 1. The van der Waals surface area contributed by atoms with Crippen LogP contribution in [0.3, 0.4) is 0 Å². The number of carbonyl (C=O) groups is 2. The molecule has 38 heavy (non-hydrogen) atoms. The Labute approximate surface area is 219 Å². The molecule has 4 aromatic rings. The van der Waals surface area contributed by atoms with E-state index in [1.54, 1.807) is 30.3 Å². The standard InChI is InChI=1S/C30H27N3O5/c1-32-14-15-38-25-11-8-19(16-24(25)32)28(35)26-27(18-6-9-21(34)10-7-18)33(30(37)29(26)36)13-12-20-17-31-23-5-3-2-4-22(20)23/h2-11,16-17,27,31,34-35H,12-15H2,1H3/b28-26-. The maximum absolute atomic E-state index is 13.4. The molecule has 8 nitrogen and oxygen atoms in total. The minimum absolute atomic E-state index is 0.0268. The monoisotopic (exact) mass is 509 g/mol. The number of amides is 1. The molecule has 3 N–H and O–H groups in total. The fourth-order valence-corrected chi connectivity index (χ4v) is 5.35. The fourth-order valence-electron chi connectivity index (χ4n) is 5.35. The highest BCUT2D eigenvalue weighted by atomic mass is 16.5. The molecule has 0 spiro atoms. The van der Waals surface area contributed by atoms with Gasteiger partial charge < -0.3 is 29.7 Å². The number of aromatic hydroxyl groups is 1. The number of aromatic amines is 1. The number of aromatic nitrogens is 1. The zero-order valence-corrected chi connectivity index (χ0v) is 20.8. The van der Waals surface area contributed by atoms with E-state index in [0.717, 1.165) is 22.2 Å². The second-order valence-electron chi connectivity index (χ2n) is 9.65. The van der Waals surface area contributed by atoms with Crippen molar-refractivity contribution in [3.05, 3.63) is 95.2 Å². The third kappa shape index (κ3) is 3.94. The van der Waals surface area contributed by atoms with Gasteiger partial charge in [-0.15, -0.1) is 0 Å². The molecule has 1 amide bonds. The molecule has 1 aromatic heterocycles. The molecule has 3 aromatic carbocycles. The first-order valence-electron chi connectivity index (χ1n) is 12.5. The van der Waals surface area contributed by atoms with Crippen molar-refractivity contribution in [2.45, 2.75) is 12.5 Å².